The second kappa shape index (κ2) is 7.03. The van der Waals surface area contributed by atoms with Crippen LogP contribution in [0.2, 0.25) is 0 Å². The van der Waals surface area contributed by atoms with Crippen LogP contribution in [-0.2, 0) is 6.61 Å². The number of rotatable bonds is 6. The first-order valence-corrected chi connectivity index (χ1v) is 6.49. The van der Waals surface area contributed by atoms with Crippen molar-refractivity contribution >= 4 is 0 Å². The zero-order valence-electron chi connectivity index (χ0n) is 11.3. The number of halogens is 1. The second-order valence-electron chi connectivity index (χ2n) is 4.54. The molecule has 0 bridgehead atoms. The first kappa shape index (κ1) is 14.5. The highest BCUT2D eigenvalue weighted by atomic mass is 19.1. The lowest BCUT2D eigenvalue weighted by atomic mass is 10.1. The lowest BCUT2D eigenvalue weighted by Gasteiger charge is -2.12. The molecule has 0 aliphatic carbocycles. The Morgan fingerprint density at radius 1 is 1.20 bits per heavy atom. The third-order valence-corrected chi connectivity index (χ3v) is 2.98. The maximum absolute atomic E-state index is 13.9. The molecule has 2 rings (SSSR count). The van der Waals surface area contributed by atoms with Crippen LogP contribution in [0.3, 0.4) is 0 Å². The Morgan fingerprint density at radius 3 is 2.60 bits per heavy atom. The summed E-state index contributed by atoms with van der Waals surface area (Å²) in [5.41, 5.74) is 1.51. The highest BCUT2D eigenvalue weighted by Crippen LogP contribution is 2.22. The molecule has 2 aromatic rings. The highest BCUT2D eigenvalue weighted by Gasteiger charge is 2.10. The van der Waals surface area contributed by atoms with Crippen molar-refractivity contribution in [1.82, 2.24) is 5.32 Å². The van der Waals surface area contributed by atoms with E-state index in [1.54, 1.807) is 19.2 Å². The average molecular weight is 275 g/mol. The third-order valence-electron chi connectivity index (χ3n) is 2.98. The molecule has 0 aliphatic heterocycles. The molecular formula is C16H18FNO2. The molecule has 0 fully saturated rings. The Labute approximate surface area is 118 Å². The van der Waals surface area contributed by atoms with E-state index >= 15 is 0 Å². The van der Waals surface area contributed by atoms with Gasteiger partial charge >= 0.3 is 0 Å². The van der Waals surface area contributed by atoms with Crippen LogP contribution in [0.25, 0.3) is 0 Å². The van der Waals surface area contributed by atoms with Gasteiger partial charge in [-0.15, -0.1) is 0 Å². The lowest BCUT2D eigenvalue weighted by Crippen LogP contribution is -2.16. The summed E-state index contributed by atoms with van der Waals surface area (Å²) >= 11 is 0. The van der Waals surface area contributed by atoms with Crippen LogP contribution >= 0.6 is 0 Å². The fraction of sp³-hybridized carbons (Fsp3) is 0.250. The predicted octanol–water partition coefficient (Wildman–Crippen LogP) is 2.66. The topological polar surface area (TPSA) is 41.5 Å². The largest absolute Gasteiger partial charge is 0.486 e. The minimum Gasteiger partial charge on any atom is -0.486 e. The number of hydrogen-bond acceptors (Lipinski definition) is 3. The predicted molar refractivity (Wildman–Crippen MR) is 76.1 cm³/mol. The number of hydrogen-bond donors (Lipinski definition) is 2. The van der Waals surface area contributed by atoms with Gasteiger partial charge in [0.1, 0.15) is 6.61 Å². The maximum atomic E-state index is 13.9. The van der Waals surface area contributed by atoms with Gasteiger partial charge < -0.3 is 15.2 Å². The molecule has 0 aromatic heterocycles. The summed E-state index contributed by atoms with van der Waals surface area (Å²) in [4.78, 5) is 0. The molecule has 3 nitrogen and oxygen atoms in total. The van der Waals surface area contributed by atoms with Gasteiger partial charge in [0.25, 0.3) is 0 Å². The number of ether oxygens (including phenoxy) is 1. The fourth-order valence-corrected chi connectivity index (χ4v) is 1.89. The van der Waals surface area contributed by atoms with Gasteiger partial charge in [0.05, 0.1) is 6.10 Å². The van der Waals surface area contributed by atoms with Crippen LogP contribution in [0.15, 0.2) is 48.5 Å². The van der Waals surface area contributed by atoms with E-state index in [0.717, 1.165) is 5.56 Å². The van der Waals surface area contributed by atoms with Crippen molar-refractivity contribution < 1.29 is 14.2 Å². The monoisotopic (exact) mass is 275 g/mol. The van der Waals surface area contributed by atoms with E-state index in [-0.39, 0.29) is 5.75 Å². The molecule has 0 amide bonds. The molecule has 0 radical (unpaired) electrons. The summed E-state index contributed by atoms with van der Waals surface area (Å²) in [7, 11) is 1.73. The molecule has 4 heteroatoms. The molecular weight excluding hydrogens is 257 g/mol. The van der Waals surface area contributed by atoms with Crippen molar-refractivity contribution in [3.05, 3.63) is 65.5 Å². The first-order valence-electron chi connectivity index (χ1n) is 6.49. The van der Waals surface area contributed by atoms with Crippen LogP contribution in [-0.4, -0.2) is 18.7 Å². The van der Waals surface area contributed by atoms with E-state index in [2.05, 4.69) is 5.32 Å². The van der Waals surface area contributed by atoms with E-state index in [9.17, 15) is 9.50 Å². The van der Waals surface area contributed by atoms with E-state index in [4.69, 9.17) is 4.74 Å². The molecule has 2 N–H and O–H groups in total. The number of nitrogens with one attached hydrogen (secondary N) is 1. The van der Waals surface area contributed by atoms with E-state index in [1.165, 1.54) is 6.07 Å². The summed E-state index contributed by atoms with van der Waals surface area (Å²) in [6.07, 6.45) is -0.724. The summed E-state index contributed by atoms with van der Waals surface area (Å²) in [6.45, 7) is 0.694. The van der Waals surface area contributed by atoms with Gasteiger partial charge in [0.2, 0.25) is 0 Å². The fourth-order valence-electron chi connectivity index (χ4n) is 1.89. The molecule has 106 valence electrons. The van der Waals surface area contributed by atoms with Gasteiger partial charge in [-0.2, -0.15) is 0 Å². The molecule has 1 unspecified atom stereocenters. The smallest absolute Gasteiger partial charge is 0.165 e. The Morgan fingerprint density at radius 2 is 1.95 bits per heavy atom. The summed E-state index contributed by atoms with van der Waals surface area (Å²) in [6, 6.07) is 14.1. The van der Waals surface area contributed by atoms with Crippen LogP contribution in [0.5, 0.6) is 5.75 Å². The SMILES string of the molecule is CNCC(O)c1ccc(OCc2ccccc2)c(F)c1. The minimum atomic E-state index is -0.724. The number of aliphatic hydroxyl groups is 1. The van der Waals surface area contributed by atoms with Gasteiger partial charge in [0.15, 0.2) is 11.6 Å². The highest BCUT2D eigenvalue weighted by molar-refractivity contribution is 5.31. The van der Waals surface area contributed by atoms with E-state index < -0.39 is 11.9 Å². The van der Waals surface area contributed by atoms with Crippen molar-refractivity contribution in [3.63, 3.8) is 0 Å². The Balaban J connectivity index is 2.02. The second-order valence-corrected chi connectivity index (χ2v) is 4.54. The molecule has 2 aromatic carbocycles. The number of likely N-dealkylation sites (N-methyl/N-ethyl adjacent to an activating group) is 1. The number of benzene rings is 2. The summed E-state index contributed by atoms with van der Waals surface area (Å²) in [5, 5.41) is 12.6. The van der Waals surface area contributed by atoms with Gasteiger partial charge in [-0.05, 0) is 30.3 Å². The van der Waals surface area contributed by atoms with Crippen molar-refractivity contribution in [2.45, 2.75) is 12.7 Å². The van der Waals surface area contributed by atoms with Gasteiger partial charge in [-0.25, -0.2) is 4.39 Å². The zero-order valence-corrected chi connectivity index (χ0v) is 11.3. The van der Waals surface area contributed by atoms with E-state index in [0.29, 0.717) is 18.7 Å². The molecule has 0 aliphatic rings. The summed E-state index contributed by atoms with van der Waals surface area (Å²) < 4.78 is 19.3. The van der Waals surface area contributed by atoms with Gasteiger partial charge in [-0.3, -0.25) is 0 Å². The van der Waals surface area contributed by atoms with Gasteiger partial charge in [0, 0.05) is 6.54 Å². The third kappa shape index (κ3) is 3.79. The van der Waals surface area contributed by atoms with Crippen LogP contribution in [0, 0.1) is 5.82 Å². The summed E-state index contributed by atoms with van der Waals surface area (Å²) in [5.74, 6) is -0.275. The lowest BCUT2D eigenvalue weighted by molar-refractivity contribution is 0.177. The van der Waals surface area contributed by atoms with E-state index in [1.807, 2.05) is 30.3 Å². The molecule has 0 heterocycles. The maximum Gasteiger partial charge on any atom is 0.165 e. The van der Waals surface area contributed by atoms with Gasteiger partial charge in [-0.1, -0.05) is 36.4 Å². The zero-order chi connectivity index (χ0) is 14.4. The Hall–Kier alpha value is -1.91. The quantitative estimate of drug-likeness (QED) is 0.851. The number of aliphatic hydroxyl groups excluding tert-OH is 1. The molecule has 1 atom stereocenters. The van der Waals surface area contributed by atoms with Crippen molar-refractivity contribution in [1.29, 1.82) is 0 Å². The normalized spacial score (nSPS) is 12.2. The van der Waals surface area contributed by atoms with Crippen LogP contribution in [0.4, 0.5) is 4.39 Å². The Bertz CT molecular complexity index is 545. The van der Waals surface area contributed by atoms with Crippen LogP contribution in [0.1, 0.15) is 17.2 Å². The van der Waals surface area contributed by atoms with Crippen molar-refractivity contribution in [2.75, 3.05) is 13.6 Å². The molecule has 0 saturated carbocycles. The van der Waals surface area contributed by atoms with Crippen LogP contribution < -0.4 is 10.1 Å². The molecule has 0 saturated heterocycles. The first-order chi connectivity index (χ1) is 9.70. The van der Waals surface area contributed by atoms with Crippen molar-refractivity contribution in [3.8, 4) is 5.75 Å². The molecule has 20 heavy (non-hydrogen) atoms. The standard InChI is InChI=1S/C16H18FNO2/c1-18-10-15(19)13-7-8-16(14(17)9-13)20-11-12-5-3-2-4-6-12/h2-9,15,18-19H,10-11H2,1H3. The van der Waals surface area contributed by atoms with Crippen molar-refractivity contribution in [2.24, 2.45) is 0 Å². The molecule has 0 spiro atoms. The Kier molecular flexibility index (Phi) is 5.09. The average Bonchev–Trinajstić information content (AvgIpc) is 2.47. The minimum absolute atomic E-state index is 0.189.